The van der Waals surface area contributed by atoms with Crippen molar-refractivity contribution in [3.05, 3.63) is 143 Å². The Morgan fingerprint density at radius 2 is 0.661 bits per heavy atom. The van der Waals surface area contributed by atoms with Gasteiger partial charge in [-0.25, -0.2) is 0 Å². The van der Waals surface area contributed by atoms with E-state index in [4.69, 9.17) is 0 Å². The highest BCUT2D eigenvalue weighted by molar-refractivity contribution is 6.11. The predicted molar refractivity (Wildman–Crippen MR) is 245 cm³/mol. The van der Waals surface area contributed by atoms with E-state index >= 15 is 13.2 Å². The number of halogens is 3. The lowest BCUT2D eigenvalue weighted by molar-refractivity contribution is -0.137. The van der Waals surface area contributed by atoms with Crippen molar-refractivity contribution < 1.29 is 13.2 Å². The van der Waals surface area contributed by atoms with Crippen LogP contribution in [-0.4, -0.2) is 9.13 Å². The van der Waals surface area contributed by atoms with Gasteiger partial charge in [0.15, 0.2) is 0 Å². The van der Waals surface area contributed by atoms with Gasteiger partial charge < -0.3 is 9.13 Å². The molecule has 0 radical (unpaired) electrons. The first kappa shape index (κ1) is 40.5. The first-order valence-electron chi connectivity index (χ1n) is 20.8. The smallest absolute Gasteiger partial charge is 0.309 e. The van der Waals surface area contributed by atoms with Crippen LogP contribution in [0.4, 0.5) is 13.2 Å². The first-order valence-corrected chi connectivity index (χ1v) is 20.8. The van der Waals surface area contributed by atoms with Gasteiger partial charge in [-0.3, -0.25) is 0 Å². The van der Waals surface area contributed by atoms with Crippen molar-refractivity contribution >= 4 is 43.6 Å². The Labute approximate surface area is 347 Å². The van der Waals surface area contributed by atoms with Crippen LogP contribution >= 0.6 is 0 Å². The molecule has 8 aromatic rings. The maximum atomic E-state index is 15.3. The van der Waals surface area contributed by atoms with Crippen LogP contribution in [0.2, 0.25) is 0 Å². The lowest BCUT2D eigenvalue weighted by atomic mass is 9.86. The lowest BCUT2D eigenvalue weighted by Crippen LogP contribution is -2.13. The average molecular weight is 791 g/mol. The second kappa shape index (κ2) is 13.4. The van der Waals surface area contributed by atoms with E-state index < -0.39 is 11.7 Å². The summed E-state index contributed by atoms with van der Waals surface area (Å²) in [5, 5.41) is 4.21. The summed E-state index contributed by atoms with van der Waals surface area (Å²) in [7, 11) is 0. The molecule has 6 aromatic carbocycles. The monoisotopic (exact) mass is 790 g/mol. The van der Waals surface area contributed by atoms with Crippen LogP contribution in [0.25, 0.3) is 66.1 Å². The fraction of sp³-hybridized carbons (Fsp3) is 0.333. The van der Waals surface area contributed by atoms with E-state index in [-0.39, 0.29) is 27.3 Å². The van der Waals surface area contributed by atoms with Crippen LogP contribution in [0.1, 0.15) is 116 Å². The van der Waals surface area contributed by atoms with Crippen molar-refractivity contribution in [1.82, 2.24) is 9.13 Å². The van der Waals surface area contributed by atoms with Gasteiger partial charge in [-0.05, 0) is 110 Å². The van der Waals surface area contributed by atoms with E-state index in [2.05, 4.69) is 180 Å². The van der Waals surface area contributed by atoms with Gasteiger partial charge in [-0.1, -0.05) is 150 Å². The number of aromatic nitrogens is 2. The number of nitrogens with zero attached hydrogens (tertiary/aromatic N) is 2. The van der Waals surface area contributed by atoms with E-state index in [0.29, 0.717) is 0 Å². The minimum atomic E-state index is -4.59. The summed E-state index contributed by atoms with van der Waals surface area (Å²) in [6.45, 7) is 28.4. The quantitative estimate of drug-likeness (QED) is 0.169. The molecule has 2 heterocycles. The molecule has 0 N–H and O–H groups in total. The molecule has 0 bridgehead atoms. The molecule has 0 saturated heterocycles. The lowest BCUT2D eigenvalue weighted by Gasteiger charge is -2.22. The van der Waals surface area contributed by atoms with Crippen LogP contribution in [0.15, 0.2) is 109 Å². The second-order valence-corrected chi connectivity index (χ2v) is 20.8. The third-order valence-electron chi connectivity index (χ3n) is 12.3. The van der Waals surface area contributed by atoms with Crippen molar-refractivity contribution in [3.63, 3.8) is 0 Å². The summed E-state index contributed by atoms with van der Waals surface area (Å²) in [6, 6.07) is 37.1. The van der Waals surface area contributed by atoms with Gasteiger partial charge in [-0.15, -0.1) is 0 Å². The Kier molecular flexibility index (Phi) is 9.17. The highest BCUT2D eigenvalue weighted by atomic mass is 19.4. The molecule has 0 amide bonds. The van der Waals surface area contributed by atoms with Crippen LogP contribution < -0.4 is 0 Å². The summed E-state index contributed by atoms with van der Waals surface area (Å²) in [5.74, 6) is 0. The number of hydrogen-bond donors (Lipinski definition) is 0. The SMILES string of the molecule is Cc1ccc(-c2ccc(C(F)(F)F)c(-n3c4cc(C(C)(C)C)ccc4c4ccc(C(C)(C)C)cc43)c2)cc1-n1c2cc(C(C)(C)C)ccc2c2ccc(C(C)(C)C)cc21. The van der Waals surface area contributed by atoms with E-state index in [1.54, 1.807) is 12.1 Å². The fourth-order valence-corrected chi connectivity index (χ4v) is 8.59. The Hall–Kier alpha value is -5.29. The topological polar surface area (TPSA) is 9.86 Å². The third-order valence-corrected chi connectivity index (χ3v) is 12.3. The second-order valence-electron chi connectivity index (χ2n) is 20.8. The summed E-state index contributed by atoms with van der Waals surface area (Å²) < 4.78 is 50.2. The van der Waals surface area contributed by atoms with Gasteiger partial charge in [0.1, 0.15) is 0 Å². The van der Waals surface area contributed by atoms with Gasteiger partial charge in [0.25, 0.3) is 0 Å². The van der Waals surface area contributed by atoms with Gasteiger partial charge in [-0.2, -0.15) is 13.2 Å². The van der Waals surface area contributed by atoms with Crippen molar-refractivity contribution in [1.29, 1.82) is 0 Å². The summed E-state index contributed by atoms with van der Waals surface area (Å²) >= 11 is 0. The summed E-state index contributed by atoms with van der Waals surface area (Å²) in [5.41, 5.74) is 10.9. The molecule has 0 aliphatic rings. The minimum absolute atomic E-state index is 0.0618. The van der Waals surface area contributed by atoms with Gasteiger partial charge in [0, 0.05) is 27.2 Å². The van der Waals surface area contributed by atoms with Crippen molar-refractivity contribution in [2.75, 3.05) is 0 Å². The molecule has 0 atom stereocenters. The molecular weight excluding hydrogens is 734 g/mol. The van der Waals surface area contributed by atoms with E-state index in [1.165, 1.54) is 28.0 Å². The molecule has 0 fully saturated rings. The zero-order chi connectivity index (χ0) is 42.8. The van der Waals surface area contributed by atoms with Gasteiger partial charge in [0.05, 0.1) is 33.3 Å². The average Bonchev–Trinajstić information content (AvgIpc) is 3.64. The van der Waals surface area contributed by atoms with Crippen LogP contribution in [0, 0.1) is 6.92 Å². The maximum Gasteiger partial charge on any atom is 0.418 e. The number of aryl methyl sites for hydroxylation is 1. The van der Waals surface area contributed by atoms with Crippen LogP contribution in [0.5, 0.6) is 0 Å². The molecule has 0 saturated carbocycles. The van der Waals surface area contributed by atoms with E-state index in [9.17, 15) is 0 Å². The Morgan fingerprint density at radius 1 is 0.356 bits per heavy atom. The highest BCUT2D eigenvalue weighted by Crippen LogP contribution is 2.44. The summed E-state index contributed by atoms with van der Waals surface area (Å²) in [4.78, 5) is 0. The van der Waals surface area contributed by atoms with Crippen molar-refractivity contribution in [2.45, 2.75) is 118 Å². The number of benzene rings is 6. The molecule has 304 valence electrons. The third kappa shape index (κ3) is 7.04. The van der Waals surface area contributed by atoms with Crippen LogP contribution in [-0.2, 0) is 27.8 Å². The maximum absolute atomic E-state index is 15.3. The number of fused-ring (bicyclic) bond motifs is 6. The normalized spacial score (nSPS) is 13.4. The number of hydrogen-bond acceptors (Lipinski definition) is 0. The Balaban J connectivity index is 1.43. The highest BCUT2D eigenvalue weighted by Gasteiger charge is 2.35. The van der Waals surface area contributed by atoms with E-state index in [0.717, 1.165) is 66.3 Å². The molecule has 0 aliphatic carbocycles. The molecule has 2 aromatic heterocycles. The Bertz CT molecular complexity index is 2820. The molecule has 2 nitrogen and oxygen atoms in total. The largest absolute Gasteiger partial charge is 0.418 e. The molecular formula is C54H57F3N2. The first-order chi connectivity index (χ1) is 27.3. The van der Waals surface area contributed by atoms with Gasteiger partial charge in [0.2, 0.25) is 0 Å². The fourth-order valence-electron chi connectivity index (χ4n) is 8.59. The van der Waals surface area contributed by atoms with Crippen molar-refractivity contribution in [2.24, 2.45) is 0 Å². The molecule has 0 aliphatic heterocycles. The molecule has 8 rings (SSSR count). The molecule has 0 spiro atoms. The Morgan fingerprint density at radius 3 is 0.983 bits per heavy atom. The predicted octanol–water partition coefficient (Wildman–Crippen LogP) is 16.1. The standard InChI is InChI=1S/C54H57F3N2/c1-32-14-15-33(26-44(32)58-45-28-35(50(2,3)4)17-21-39(45)40-22-18-36(29-46(40)58)51(5,6)7)34-16-25-43(54(55,56)57)49(27-34)59-47-30-37(52(8,9)10)19-23-41(47)42-24-20-38(31-48(42)59)53(11,12)13/h14-31H,1-13H3. The number of alkyl halides is 3. The zero-order valence-corrected chi connectivity index (χ0v) is 36.9. The van der Waals surface area contributed by atoms with Crippen LogP contribution in [0.3, 0.4) is 0 Å². The van der Waals surface area contributed by atoms with E-state index in [1.807, 2.05) is 10.6 Å². The zero-order valence-electron chi connectivity index (χ0n) is 36.9. The molecule has 59 heavy (non-hydrogen) atoms. The molecule has 0 unspecified atom stereocenters. The molecule has 5 heteroatoms. The van der Waals surface area contributed by atoms with Crippen molar-refractivity contribution in [3.8, 4) is 22.5 Å². The number of rotatable bonds is 3. The minimum Gasteiger partial charge on any atom is -0.309 e. The van der Waals surface area contributed by atoms with Gasteiger partial charge >= 0.3 is 6.18 Å². The summed E-state index contributed by atoms with van der Waals surface area (Å²) in [6.07, 6.45) is -4.59.